The van der Waals surface area contributed by atoms with Crippen molar-refractivity contribution in [2.45, 2.75) is 12.8 Å². The van der Waals surface area contributed by atoms with Crippen molar-refractivity contribution in [2.75, 3.05) is 13.1 Å². The van der Waals surface area contributed by atoms with Crippen molar-refractivity contribution in [3.63, 3.8) is 0 Å². The summed E-state index contributed by atoms with van der Waals surface area (Å²) in [6.45, 7) is 1.37. The van der Waals surface area contributed by atoms with Crippen LogP contribution in [0.15, 0.2) is 25.0 Å². The number of hydrogen-bond donors (Lipinski definition) is 4. The van der Waals surface area contributed by atoms with Gasteiger partial charge in [-0.1, -0.05) is 0 Å². The van der Waals surface area contributed by atoms with Gasteiger partial charge in [0.25, 0.3) is 0 Å². The summed E-state index contributed by atoms with van der Waals surface area (Å²) in [5.41, 5.74) is 12.8. The molecule has 0 atom stereocenters. The second-order valence-corrected chi connectivity index (χ2v) is 3.23. The van der Waals surface area contributed by atoms with Gasteiger partial charge < -0.3 is 21.4 Å². The first-order chi connectivity index (χ1) is 7.86. The molecule has 6 nitrogen and oxygen atoms in total. The van der Waals surface area contributed by atoms with Crippen LogP contribution < -0.4 is 11.5 Å². The third-order valence-corrected chi connectivity index (χ3v) is 1.94. The first kappa shape index (κ1) is 15.7. The van der Waals surface area contributed by atoms with Crippen molar-refractivity contribution in [3.8, 4) is 0 Å². The van der Waals surface area contributed by atoms with E-state index in [1.165, 1.54) is 0 Å². The molecule has 2 heterocycles. The molecule has 0 saturated carbocycles. The van der Waals surface area contributed by atoms with Gasteiger partial charge in [0.1, 0.15) is 0 Å². The predicted octanol–water partition coefficient (Wildman–Crippen LogP) is -0.0654. The highest BCUT2D eigenvalue weighted by atomic mass is 32.1. The zero-order valence-corrected chi connectivity index (χ0v) is 10.7. The Bertz CT molecular complexity index is 309. The fourth-order valence-corrected chi connectivity index (χ4v) is 1.15. The zero-order chi connectivity index (χ0) is 11.6. The molecular formula is C10H20N6S. The molecule has 0 radical (unpaired) electrons. The molecule has 17 heavy (non-hydrogen) atoms. The van der Waals surface area contributed by atoms with E-state index in [9.17, 15) is 0 Å². The summed E-state index contributed by atoms with van der Waals surface area (Å²) in [5.74, 6) is 0. The summed E-state index contributed by atoms with van der Waals surface area (Å²) in [7, 11) is 0. The molecule has 2 aromatic rings. The van der Waals surface area contributed by atoms with Gasteiger partial charge in [0.2, 0.25) is 0 Å². The minimum absolute atomic E-state index is 0. The Balaban J connectivity index is 0.000000284. The third-order valence-electron chi connectivity index (χ3n) is 1.94. The number of aromatic nitrogens is 4. The molecule has 0 aliphatic rings. The number of nitrogens with one attached hydrogen (secondary N) is 2. The molecule has 0 spiro atoms. The van der Waals surface area contributed by atoms with Crippen LogP contribution in [0, 0.1) is 0 Å². The van der Waals surface area contributed by atoms with Gasteiger partial charge in [-0.3, -0.25) is 0 Å². The lowest BCUT2D eigenvalue weighted by Gasteiger charge is -1.86. The number of hydrogen-bond acceptors (Lipinski definition) is 4. The fraction of sp³-hybridized carbons (Fsp3) is 0.400. The van der Waals surface area contributed by atoms with Crippen LogP contribution in [0.25, 0.3) is 0 Å². The van der Waals surface area contributed by atoms with Crippen LogP contribution in [0.2, 0.25) is 0 Å². The summed E-state index contributed by atoms with van der Waals surface area (Å²) in [5, 5.41) is 0. The Morgan fingerprint density at radius 2 is 1.29 bits per heavy atom. The Kier molecular flexibility index (Phi) is 9.12. The monoisotopic (exact) mass is 256 g/mol. The quantitative estimate of drug-likeness (QED) is 0.614. The van der Waals surface area contributed by atoms with E-state index >= 15 is 0 Å². The Morgan fingerprint density at radius 3 is 1.53 bits per heavy atom. The number of H-pyrrole nitrogens is 2. The molecule has 7 heteroatoms. The lowest BCUT2D eigenvalue weighted by Crippen LogP contribution is -2.02. The number of aromatic amines is 2. The van der Waals surface area contributed by atoms with Crippen molar-refractivity contribution in [1.82, 2.24) is 19.9 Å². The molecule has 0 aliphatic carbocycles. The average molecular weight is 256 g/mol. The van der Waals surface area contributed by atoms with E-state index in [1.54, 1.807) is 25.0 Å². The van der Waals surface area contributed by atoms with E-state index in [1.807, 2.05) is 0 Å². The smallest absolute Gasteiger partial charge is 0.0921 e. The minimum Gasteiger partial charge on any atom is -0.348 e. The maximum absolute atomic E-state index is 5.27. The minimum atomic E-state index is 0. The molecule has 0 aliphatic heterocycles. The van der Waals surface area contributed by atoms with Gasteiger partial charge in [-0.2, -0.15) is 13.5 Å². The van der Waals surface area contributed by atoms with Gasteiger partial charge in [0, 0.05) is 36.6 Å². The van der Waals surface area contributed by atoms with Crippen LogP contribution in [-0.2, 0) is 12.8 Å². The number of nitrogens with two attached hydrogens (primary N) is 2. The molecule has 0 fully saturated rings. The summed E-state index contributed by atoms with van der Waals surface area (Å²) >= 11 is 0. The summed E-state index contributed by atoms with van der Waals surface area (Å²) in [6.07, 6.45) is 8.66. The summed E-state index contributed by atoms with van der Waals surface area (Å²) < 4.78 is 0. The molecule has 96 valence electrons. The fourth-order valence-electron chi connectivity index (χ4n) is 1.15. The molecule has 6 N–H and O–H groups in total. The maximum Gasteiger partial charge on any atom is 0.0921 e. The van der Waals surface area contributed by atoms with E-state index in [0.717, 1.165) is 24.2 Å². The van der Waals surface area contributed by atoms with E-state index in [2.05, 4.69) is 19.9 Å². The summed E-state index contributed by atoms with van der Waals surface area (Å²) in [4.78, 5) is 13.6. The topological polar surface area (TPSA) is 109 Å². The normalized spacial score (nSPS) is 9.06. The average Bonchev–Trinajstić information content (AvgIpc) is 2.92. The standard InChI is InChI=1S/2C5H9N3.H2S/c2*6-2-1-5-3-7-4-8-5;/h2*3-4H,1-2,6H2,(H,7,8);1H2. The van der Waals surface area contributed by atoms with Gasteiger partial charge in [-0.25, -0.2) is 9.97 Å². The highest BCUT2D eigenvalue weighted by molar-refractivity contribution is 7.59. The molecular weight excluding hydrogens is 236 g/mol. The van der Waals surface area contributed by atoms with Gasteiger partial charge in [0.05, 0.1) is 12.7 Å². The lowest BCUT2D eigenvalue weighted by molar-refractivity contribution is 0.935. The second-order valence-electron chi connectivity index (χ2n) is 3.23. The molecule has 0 amide bonds. The van der Waals surface area contributed by atoms with Crippen molar-refractivity contribution in [3.05, 3.63) is 36.4 Å². The van der Waals surface area contributed by atoms with Crippen LogP contribution in [-0.4, -0.2) is 33.0 Å². The zero-order valence-electron chi connectivity index (χ0n) is 9.69. The molecule has 0 bridgehead atoms. The van der Waals surface area contributed by atoms with Crippen molar-refractivity contribution >= 4 is 13.5 Å². The number of imidazole rings is 2. The first-order valence-corrected chi connectivity index (χ1v) is 5.21. The van der Waals surface area contributed by atoms with Crippen molar-refractivity contribution < 1.29 is 0 Å². The van der Waals surface area contributed by atoms with Crippen molar-refractivity contribution in [2.24, 2.45) is 11.5 Å². The van der Waals surface area contributed by atoms with Crippen LogP contribution >= 0.6 is 13.5 Å². The van der Waals surface area contributed by atoms with E-state index in [0.29, 0.717) is 13.1 Å². The molecule has 0 unspecified atom stereocenters. The highest BCUT2D eigenvalue weighted by Gasteiger charge is 1.87. The van der Waals surface area contributed by atoms with E-state index in [4.69, 9.17) is 11.5 Å². The van der Waals surface area contributed by atoms with Crippen LogP contribution in [0.3, 0.4) is 0 Å². The number of nitrogens with zero attached hydrogens (tertiary/aromatic N) is 2. The Hall–Kier alpha value is -1.31. The Labute approximate surface area is 108 Å². The third kappa shape index (κ3) is 6.77. The maximum atomic E-state index is 5.27. The molecule has 0 saturated heterocycles. The largest absolute Gasteiger partial charge is 0.348 e. The molecule has 2 rings (SSSR count). The second kappa shape index (κ2) is 9.88. The van der Waals surface area contributed by atoms with E-state index in [-0.39, 0.29) is 13.5 Å². The lowest BCUT2D eigenvalue weighted by atomic mass is 10.3. The predicted molar refractivity (Wildman–Crippen MR) is 73.1 cm³/mol. The van der Waals surface area contributed by atoms with Gasteiger partial charge in [-0.15, -0.1) is 0 Å². The molecule has 0 aromatic carbocycles. The highest BCUT2D eigenvalue weighted by Crippen LogP contribution is 1.88. The Morgan fingerprint density at radius 1 is 0.882 bits per heavy atom. The van der Waals surface area contributed by atoms with Gasteiger partial charge >= 0.3 is 0 Å². The van der Waals surface area contributed by atoms with Crippen molar-refractivity contribution in [1.29, 1.82) is 0 Å². The number of rotatable bonds is 4. The van der Waals surface area contributed by atoms with E-state index < -0.39 is 0 Å². The summed E-state index contributed by atoms with van der Waals surface area (Å²) in [6, 6.07) is 0. The SMILES string of the molecule is NCCc1cnc[nH]1.NCCc1cnc[nH]1.S. The molecule has 2 aromatic heterocycles. The van der Waals surface area contributed by atoms with Gasteiger partial charge in [0.15, 0.2) is 0 Å². The van der Waals surface area contributed by atoms with Crippen LogP contribution in [0.4, 0.5) is 0 Å². The van der Waals surface area contributed by atoms with Crippen LogP contribution in [0.1, 0.15) is 11.4 Å². The first-order valence-electron chi connectivity index (χ1n) is 5.21. The van der Waals surface area contributed by atoms with Gasteiger partial charge in [-0.05, 0) is 13.1 Å². The van der Waals surface area contributed by atoms with Crippen LogP contribution in [0.5, 0.6) is 0 Å².